The number of amides is 1. The number of hydrogen-bond acceptors (Lipinski definition) is 3. The lowest BCUT2D eigenvalue weighted by Crippen LogP contribution is -2.29. The molecule has 0 atom stereocenters. The van der Waals surface area contributed by atoms with Crippen molar-refractivity contribution in [2.24, 2.45) is 0 Å². The molecule has 3 rings (SSSR count). The maximum absolute atomic E-state index is 13.3. The van der Waals surface area contributed by atoms with E-state index in [0.717, 1.165) is 12.0 Å². The molecule has 0 unspecified atom stereocenters. The van der Waals surface area contributed by atoms with E-state index in [1.807, 2.05) is 0 Å². The molecule has 0 bridgehead atoms. The lowest BCUT2D eigenvalue weighted by molar-refractivity contribution is 0.0960. The van der Waals surface area contributed by atoms with Crippen molar-refractivity contribution in [3.05, 3.63) is 46.9 Å². The molecule has 19 heavy (non-hydrogen) atoms. The minimum Gasteiger partial charge on any atom is -0.436 e. The Labute approximate surface area is 109 Å². The van der Waals surface area contributed by atoms with Gasteiger partial charge in [-0.3, -0.25) is 4.79 Å². The summed E-state index contributed by atoms with van der Waals surface area (Å²) in [6.07, 6.45) is 0.730. The smallest absolute Gasteiger partial charge is 0.296 e. The summed E-state index contributed by atoms with van der Waals surface area (Å²) in [5, 5.41) is 0. The Kier molecular flexibility index (Phi) is 2.62. The molecule has 2 aromatic rings. The van der Waals surface area contributed by atoms with Gasteiger partial charge in [-0.2, -0.15) is 0 Å². The predicted octanol–water partition coefficient (Wildman–Crippen LogP) is 2.63. The van der Waals surface area contributed by atoms with Crippen LogP contribution < -0.4 is 4.90 Å². The summed E-state index contributed by atoms with van der Waals surface area (Å²) in [4.78, 5) is 18.1. The molecule has 5 heteroatoms. The van der Waals surface area contributed by atoms with Crippen LogP contribution in [0.4, 0.5) is 10.1 Å². The van der Waals surface area contributed by atoms with Crippen LogP contribution in [-0.4, -0.2) is 17.4 Å². The van der Waals surface area contributed by atoms with Crippen LogP contribution in [0.1, 0.15) is 27.7 Å². The Morgan fingerprint density at radius 2 is 2.21 bits per heavy atom. The van der Waals surface area contributed by atoms with Crippen molar-refractivity contribution < 1.29 is 13.6 Å². The fourth-order valence-electron chi connectivity index (χ4n) is 2.42. The number of aryl methyl sites for hydroxylation is 2. The molecule has 1 amide bonds. The number of hydrogen-bond donors (Lipinski definition) is 0. The number of aromatic nitrogens is 1. The monoisotopic (exact) mass is 260 g/mol. The Bertz CT molecular complexity index is 663. The third kappa shape index (κ3) is 1.91. The maximum Gasteiger partial charge on any atom is 0.296 e. The van der Waals surface area contributed by atoms with Gasteiger partial charge in [-0.05, 0) is 31.0 Å². The van der Waals surface area contributed by atoms with E-state index >= 15 is 0 Å². The third-order valence-electron chi connectivity index (χ3n) is 3.29. The number of halogens is 1. The van der Waals surface area contributed by atoms with E-state index in [-0.39, 0.29) is 17.5 Å². The summed E-state index contributed by atoms with van der Waals surface area (Å²) in [6, 6.07) is 4.52. The first kappa shape index (κ1) is 11.9. The highest BCUT2D eigenvalue weighted by atomic mass is 19.1. The zero-order valence-electron chi connectivity index (χ0n) is 10.7. The molecule has 98 valence electrons. The number of anilines is 1. The Hall–Kier alpha value is -2.17. The van der Waals surface area contributed by atoms with E-state index in [2.05, 4.69) is 4.98 Å². The number of rotatable bonds is 1. The quantitative estimate of drug-likeness (QED) is 0.791. The second-order valence-electron chi connectivity index (χ2n) is 4.63. The van der Waals surface area contributed by atoms with Crippen molar-refractivity contribution in [3.8, 4) is 0 Å². The van der Waals surface area contributed by atoms with Crippen molar-refractivity contribution in [3.63, 3.8) is 0 Å². The molecule has 0 radical (unpaired) electrons. The van der Waals surface area contributed by atoms with Gasteiger partial charge in [0, 0.05) is 13.5 Å². The molecule has 0 spiro atoms. The maximum atomic E-state index is 13.3. The van der Waals surface area contributed by atoms with Crippen molar-refractivity contribution in [2.75, 3.05) is 11.4 Å². The number of benzene rings is 1. The second kappa shape index (κ2) is 4.19. The lowest BCUT2D eigenvalue weighted by Gasteiger charge is -2.15. The standard InChI is InChI=1S/C14H13FN2O2/c1-8-13(19-9(2)16-8)14(18)17-6-5-10-3-4-11(15)7-12(10)17/h3-4,7H,5-6H2,1-2H3. The molecule has 1 aromatic heterocycles. The van der Waals surface area contributed by atoms with Gasteiger partial charge in [-0.15, -0.1) is 0 Å². The zero-order valence-corrected chi connectivity index (χ0v) is 10.7. The highest BCUT2D eigenvalue weighted by Gasteiger charge is 2.29. The van der Waals surface area contributed by atoms with E-state index in [0.29, 0.717) is 23.8 Å². The Morgan fingerprint density at radius 1 is 1.42 bits per heavy atom. The van der Waals surface area contributed by atoms with Crippen LogP contribution in [0.15, 0.2) is 22.6 Å². The summed E-state index contributed by atoms with van der Waals surface area (Å²) in [5.74, 6) is 0.0838. The molecule has 0 fully saturated rings. The van der Waals surface area contributed by atoms with Crippen LogP contribution in [0.5, 0.6) is 0 Å². The molecule has 0 saturated carbocycles. The molecular formula is C14H13FN2O2. The van der Waals surface area contributed by atoms with Gasteiger partial charge >= 0.3 is 0 Å². The van der Waals surface area contributed by atoms with Gasteiger partial charge in [0.05, 0.1) is 11.4 Å². The van der Waals surface area contributed by atoms with Crippen LogP contribution in [0.3, 0.4) is 0 Å². The number of carbonyl (C=O) groups is 1. The van der Waals surface area contributed by atoms with Crippen LogP contribution in [0.25, 0.3) is 0 Å². The molecule has 2 heterocycles. The van der Waals surface area contributed by atoms with E-state index in [9.17, 15) is 9.18 Å². The van der Waals surface area contributed by atoms with Gasteiger partial charge in [0.1, 0.15) is 5.82 Å². The fourth-order valence-corrected chi connectivity index (χ4v) is 2.42. The summed E-state index contributed by atoms with van der Waals surface area (Å²) < 4.78 is 18.6. The summed E-state index contributed by atoms with van der Waals surface area (Å²) in [7, 11) is 0. The van der Waals surface area contributed by atoms with Gasteiger partial charge in [-0.25, -0.2) is 9.37 Å². The molecule has 0 saturated heterocycles. The third-order valence-corrected chi connectivity index (χ3v) is 3.29. The average molecular weight is 260 g/mol. The van der Waals surface area contributed by atoms with Crippen LogP contribution in [-0.2, 0) is 6.42 Å². The number of oxazole rings is 1. The van der Waals surface area contributed by atoms with Gasteiger partial charge < -0.3 is 9.32 Å². The molecular weight excluding hydrogens is 247 g/mol. The highest BCUT2D eigenvalue weighted by Crippen LogP contribution is 2.30. The summed E-state index contributed by atoms with van der Waals surface area (Å²) in [6.45, 7) is 3.96. The lowest BCUT2D eigenvalue weighted by atomic mass is 10.1. The number of carbonyl (C=O) groups excluding carboxylic acids is 1. The van der Waals surface area contributed by atoms with Crippen molar-refractivity contribution in [2.45, 2.75) is 20.3 Å². The molecule has 1 aliphatic heterocycles. The van der Waals surface area contributed by atoms with E-state index in [1.54, 1.807) is 24.8 Å². The first-order valence-corrected chi connectivity index (χ1v) is 6.10. The number of nitrogens with zero attached hydrogens (tertiary/aromatic N) is 2. The van der Waals surface area contributed by atoms with Crippen LogP contribution >= 0.6 is 0 Å². The molecule has 1 aliphatic rings. The average Bonchev–Trinajstić information content (AvgIpc) is 2.91. The first-order valence-electron chi connectivity index (χ1n) is 6.10. The topological polar surface area (TPSA) is 46.3 Å². The summed E-state index contributed by atoms with van der Waals surface area (Å²) in [5.41, 5.74) is 2.16. The Balaban J connectivity index is 2.00. The largest absolute Gasteiger partial charge is 0.436 e. The fraction of sp³-hybridized carbons (Fsp3) is 0.286. The van der Waals surface area contributed by atoms with Gasteiger partial charge in [0.2, 0.25) is 5.76 Å². The van der Waals surface area contributed by atoms with Gasteiger partial charge in [0.25, 0.3) is 5.91 Å². The second-order valence-corrected chi connectivity index (χ2v) is 4.63. The minimum absolute atomic E-state index is 0.231. The predicted molar refractivity (Wildman–Crippen MR) is 67.8 cm³/mol. The zero-order chi connectivity index (χ0) is 13.6. The van der Waals surface area contributed by atoms with Gasteiger partial charge in [-0.1, -0.05) is 6.07 Å². The Morgan fingerprint density at radius 3 is 2.89 bits per heavy atom. The van der Waals surface area contributed by atoms with E-state index in [4.69, 9.17) is 4.42 Å². The van der Waals surface area contributed by atoms with Crippen LogP contribution in [0, 0.1) is 19.7 Å². The van der Waals surface area contributed by atoms with E-state index < -0.39 is 0 Å². The number of fused-ring (bicyclic) bond motifs is 1. The van der Waals surface area contributed by atoms with Crippen molar-refractivity contribution in [1.29, 1.82) is 0 Å². The molecule has 4 nitrogen and oxygen atoms in total. The van der Waals surface area contributed by atoms with E-state index in [1.165, 1.54) is 12.1 Å². The SMILES string of the molecule is Cc1nc(C)c(C(=O)N2CCc3ccc(F)cc32)o1. The van der Waals surface area contributed by atoms with Crippen LogP contribution in [0.2, 0.25) is 0 Å². The summed E-state index contributed by atoms with van der Waals surface area (Å²) >= 11 is 0. The first-order chi connectivity index (χ1) is 9.06. The highest BCUT2D eigenvalue weighted by molar-refractivity contribution is 6.06. The molecule has 1 aromatic carbocycles. The molecule has 0 aliphatic carbocycles. The minimum atomic E-state index is -0.344. The van der Waals surface area contributed by atoms with Gasteiger partial charge in [0.15, 0.2) is 5.89 Å². The van der Waals surface area contributed by atoms with Crippen molar-refractivity contribution >= 4 is 11.6 Å². The molecule has 0 N–H and O–H groups in total. The van der Waals surface area contributed by atoms with Crippen molar-refractivity contribution in [1.82, 2.24) is 4.98 Å². The normalized spacial score (nSPS) is 13.7.